The molecule has 1 aliphatic heterocycles. The Morgan fingerprint density at radius 2 is 2.31 bits per heavy atom. The summed E-state index contributed by atoms with van der Waals surface area (Å²) in [6.07, 6.45) is 6.97. The standard InChI is InChI=1S/C20H29N5O/c1-4-26-18-7-5-6-17(12-18)13-23-20(21-3)24-10-8-16(2)19(14-24)25-11-9-22-15-25/h5-7,9,11-12,15-16,19H,4,8,10,13-14H2,1-3H3,(H,21,23). The molecule has 1 aromatic heterocycles. The van der Waals surface area contributed by atoms with E-state index < -0.39 is 0 Å². The Bertz CT molecular complexity index is 713. The van der Waals surface area contributed by atoms with Crippen LogP contribution < -0.4 is 10.1 Å². The number of imidazole rings is 1. The molecule has 0 saturated carbocycles. The molecular formula is C20H29N5O. The number of guanidine groups is 1. The summed E-state index contributed by atoms with van der Waals surface area (Å²) < 4.78 is 7.80. The summed E-state index contributed by atoms with van der Waals surface area (Å²) in [4.78, 5) is 11.1. The summed E-state index contributed by atoms with van der Waals surface area (Å²) in [5, 5.41) is 3.50. The fourth-order valence-corrected chi connectivity index (χ4v) is 3.52. The molecule has 1 aliphatic rings. The molecule has 0 radical (unpaired) electrons. The highest BCUT2D eigenvalue weighted by molar-refractivity contribution is 5.80. The lowest BCUT2D eigenvalue weighted by Crippen LogP contribution is -2.48. The number of benzene rings is 1. The van der Waals surface area contributed by atoms with Crippen LogP contribution in [0.3, 0.4) is 0 Å². The van der Waals surface area contributed by atoms with Crippen LogP contribution in [0, 0.1) is 5.92 Å². The lowest BCUT2D eigenvalue weighted by molar-refractivity contribution is 0.189. The first-order valence-electron chi connectivity index (χ1n) is 9.36. The van der Waals surface area contributed by atoms with Crippen molar-refractivity contribution in [3.8, 4) is 5.75 Å². The van der Waals surface area contributed by atoms with E-state index in [0.29, 0.717) is 18.6 Å². The van der Waals surface area contributed by atoms with Gasteiger partial charge in [0.15, 0.2) is 5.96 Å². The highest BCUT2D eigenvalue weighted by Crippen LogP contribution is 2.27. The van der Waals surface area contributed by atoms with E-state index in [4.69, 9.17) is 4.74 Å². The first kappa shape index (κ1) is 18.3. The van der Waals surface area contributed by atoms with Gasteiger partial charge in [-0.2, -0.15) is 0 Å². The molecule has 1 N–H and O–H groups in total. The maximum absolute atomic E-state index is 5.59. The normalized spacial score (nSPS) is 20.9. The van der Waals surface area contributed by atoms with E-state index in [1.165, 1.54) is 5.56 Å². The molecule has 0 spiro atoms. The zero-order valence-electron chi connectivity index (χ0n) is 15.9. The van der Waals surface area contributed by atoms with Gasteiger partial charge in [-0.25, -0.2) is 4.98 Å². The molecule has 0 amide bonds. The molecule has 2 unspecified atom stereocenters. The van der Waals surface area contributed by atoms with Crippen molar-refractivity contribution in [3.63, 3.8) is 0 Å². The Morgan fingerprint density at radius 1 is 1.42 bits per heavy atom. The van der Waals surface area contributed by atoms with Crippen LogP contribution in [-0.2, 0) is 6.54 Å². The zero-order valence-corrected chi connectivity index (χ0v) is 15.9. The van der Waals surface area contributed by atoms with Gasteiger partial charge in [0.05, 0.1) is 19.0 Å². The lowest BCUT2D eigenvalue weighted by atomic mass is 9.93. The molecule has 1 aromatic carbocycles. The van der Waals surface area contributed by atoms with Gasteiger partial charge < -0.3 is 19.5 Å². The Balaban J connectivity index is 1.63. The average Bonchev–Trinajstić information content (AvgIpc) is 3.18. The van der Waals surface area contributed by atoms with E-state index in [-0.39, 0.29) is 0 Å². The van der Waals surface area contributed by atoms with Crippen LogP contribution in [0.4, 0.5) is 0 Å². The molecule has 6 nitrogen and oxygen atoms in total. The molecule has 1 fully saturated rings. The van der Waals surface area contributed by atoms with Gasteiger partial charge in [0, 0.05) is 39.1 Å². The third kappa shape index (κ3) is 4.36. The van der Waals surface area contributed by atoms with Crippen molar-refractivity contribution < 1.29 is 4.74 Å². The van der Waals surface area contributed by atoms with Gasteiger partial charge in [0.25, 0.3) is 0 Å². The molecule has 26 heavy (non-hydrogen) atoms. The summed E-state index contributed by atoms with van der Waals surface area (Å²) in [5.41, 5.74) is 1.19. The van der Waals surface area contributed by atoms with Gasteiger partial charge in [-0.1, -0.05) is 19.1 Å². The molecule has 0 bridgehead atoms. The van der Waals surface area contributed by atoms with Gasteiger partial charge in [-0.05, 0) is 37.0 Å². The van der Waals surface area contributed by atoms with Crippen LogP contribution in [0.5, 0.6) is 5.75 Å². The largest absolute Gasteiger partial charge is 0.494 e. The van der Waals surface area contributed by atoms with E-state index in [0.717, 1.165) is 37.8 Å². The second-order valence-corrected chi connectivity index (χ2v) is 6.77. The Labute approximate surface area is 155 Å². The number of nitrogens with one attached hydrogen (secondary N) is 1. The molecule has 1 saturated heterocycles. The van der Waals surface area contributed by atoms with E-state index in [1.807, 2.05) is 38.6 Å². The van der Waals surface area contributed by atoms with Crippen molar-refractivity contribution in [1.82, 2.24) is 19.8 Å². The fraction of sp³-hybridized carbons (Fsp3) is 0.500. The van der Waals surface area contributed by atoms with Gasteiger partial charge in [0.1, 0.15) is 5.75 Å². The van der Waals surface area contributed by atoms with E-state index in [2.05, 4.69) is 50.0 Å². The van der Waals surface area contributed by atoms with Gasteiger partial charge >= 0.3 is 0 Å². The predicted octanol–water partition coefficient (Wildman–Crippen LogP) is 2.94. The molecule has 2 aromatic rings. The number of likely N-dealkylation sites (tertiary alicyclic amines) is 1. The highest BCUT2D eigenvalue weighted by Gasteiger charge is 2.28. The molecule has 3 rings (SSSR count). The minimum atomic E-state index is 0.422. The summed E-state index contributed by atoms with van der Waals surface area (Å²) in [5.74, 6) is 2.49. The van der Waals surface area contributed by atoms with Crippen LogP contribution >= 0.6 is 0 Å². The van der Waals surface area contributed by atoms with Crippen LogP contribution in [0.1, 0.15) is 31.9 Å². The number of nitrogens with zero attached hydrogens (tertiary/aromatic N) is 4. The number of aliphatic imine (C=N–C) groups is 1. The summed E-state index contributed by atoms with van der Waals surface area (Å²) in [6.45, 7) is 7.69. The number of ether oxygens (including phenoxy) is 1. The Hall–Kier alpha value is -2.50. The summed E-state index contributed by atoms with van der Waals surface area (Å²) in [6, 6.07) is 8.63. The Morgan fingerprint density at radius 3 is 3.04 bits per heavy atom. The maximum Gasteiger partial charge on any atom is 0.193 e. The number of rotatable bonds is 5. The molecule has 2 heterocycles. The monoisotopic (exact) mass is 355 g/mol. The predicted molar refractivity (Wildman–Crippen MR) is 104 cm³/mol. The highest BCUT2D eigenvalue weighted by atomic mass is 16.5. The van der Waals surface area contributed by atoms with E-state index >= 15 is 0 Å². The molecule has 0 aliphatic carbocycles. The first-order chi connectivity index (χ1) is 12.7. The lowest BCUT2D eigenvalue weighted by Gasteiger charge is -2.39. The molecular weight excluding hydrogens is 326 g/mol. The van der Waals surface area contributed by atoms with Crippen LogP contribution in [0.15, 0.2) is 48.0 Å². The zero-order chi connectivity index (χ0) is 18.4. The topological polar surface area (TPSA) is 54.7 Å². The second-order valence-electron chi connectivity index (χ2n) is 6.77. The molecule has 140 valence electrons. The first-order valence-corrected chi connectivity index (χ1v) is 9.36. The van der Waals surface area contributed by atoms with Crippen LogP contribution in [0.2, 0.25) is 0 Å². The van der Waals surface area contributed by atoms with Crippen molar-refractivity contribution in [2.45, 2.75) is 32.9 Å². The van der Waals surface area contributed by atoms with Crippen molar-refractivity contribution >= 4 is 5.96 Å². The number of hydrogen-bond acceptors (Lipinski definition) is 3. The SMILES string of the molecule is CCOc1cccc(CNC(=NC)N2CCC(C)C(n3ccnc3)C2)c1. The van der Waals surface area contributed by atoms with Crippen molar-refractivity contribution in [1.29, 1.82) is 0 Å². The molecule has 6 heteroatoms. The third-order valence-electron chi connectivity index (χ3n) is 5.00. The van der Waals surface area contributed by atoms with Crippen LogP contribution in [-0.4, -0.2) is 47.2 Å². The van der Waals surface area contributed by atoms with Crippen molar-refractivity contribution in [2.75, 3.05) is 26.7 Å². The minimum absolute atomic E-state index is 0.422. The smallest absolute Gasteiger partial charge is 0.193 e. The van der Waals surface area contributed by atoms with Gasteiger partial charge in [0.2, 0.25) is 0 Å². The quantitative estimate of drug-likeness (QED) is 0.662. The fourth-order valence-electron chi connectivity index (χ4n) is 3.52. The van der Waals surface area contributed by atoms with Crippen molar-refractivity contribution in [3.05, 3.63) is 48.5 Å². The van der Waals surface area contributed by atoms with Gasteiger partial charge in [-0.3, -0.25) is 4.99 Å². The molecule has 2 atom stereocenters. The summed E-state index contributed by atoms with van der Waals surface area (Å²) in [7, 11) is 1.85. The number of piperidine rings is 1. The summed E-state index contributed by atoms with van der Waals surface area (Å²) >= 11 is 0. The number of hydrogen-bond donors (Lipinski definition) is 1. The van der Waals surface area contributed by atoms with E-state index in [1.54, 1.807) is 0 Å². The van der Waals surface area contributed by atoms with Crippen molar-refractivity contribution in [2.24, 2.45) is 10.9 Å². The van der Waals surface area contributed by atoms with Crippen LogP contribution in [0.25, 0.3) is 0 Å². The minimum Gasteiger partial charge on any atom is -0.494 e. The van der Waals surface area contributed by atoms with E-state index in [9.17, 15) is 0 Å². The van der Waals surface area contributed by atoms with Gasteiger partial charge in [-0.15, -0.1) is 0 Å². The number of aromatic nitrogens is 2. The average molecular weight is 355 g/mol. The third-order valence-corrected chi connectivity index (χ3v) is 5.00. The second kappa shape index (κ2) is 8.74. The Kier molecular flexibility index (Phi) is 6.15. The maximum atomic E-state index is 5.59.